The molecule has 0 aliphatic carbocycles. The quantitative estimate of drug-likeness (QED) is 0.0109. The van der Waals surface area contributed by atoms with E-state index in [0.29, 0.717) is 114 Å². The number of ether oxygens (including phenoxy) is 4. The first-order valence-electron chi connectivity index (χ1n) is 34.8. The van der Waals surface area contributed by atoms with Crippen molar-refractivity contribution in [3.63, 3.8) is 0 Å². The molecule has 29 heteroatoms. The molecule has 13 N–H and O–H groups in total. The van der Waals surface area contributed by atoms with E-state index < -0.39 is 11.6 Å². The van der Waals surface area contributed by atoms with Crippen LogP contribution in [-0.2, 0) is 33.9 Å². The number of anilines is 16. The minimum atomic E-state index is -0.584. The number of aliphatic hydroxyl groups is 1. The molecular weight excluding hydrogens is 1390 g/mol. The fraction of sp³-hybridized carbons (Fsp3) is 0.200. The van der Waals surface area contributed by atoms with Crippen molar-refractivity contribution in [1.82, 2.24) is 40.8 Å². The Bertz CT molecular complexity index is 4850. The van der Waals surface area contributed by atoms with Crippen LogP contribution in [-0.4, -0.2) is 133 Å². The van der Waals surface area contributed by atoms with Gasteiger partial charge < -0.3 is 92.8 Å². The molecular formula is C80H84F2N18O9. The van der Waals surface area contributed by atoms with E-state index in [-0.39, 0.29) is 88.3 Å². The van der Waals surface area contributed by atoms with Gasteiger partial charge >= 0.3 is 0 Å². The number of halogens is 2. The Kier molecular flexibility index (Phi) is 25.9. The molecule has 562 valence electrons. The lowest BCUT2D eigenvalue weighted by atomic mass is 10.1. The minimum absolute atomic E-state index is 0.00182. The van der Waals surface area contributed by atoms with Crippen molar-refractivity contribution in [1.29, 1.82) is 0 Å². The second-order valence-electron chi connectivity index (χ2n) is 25.0. The van der Waals surface area contributed by atoms with Crippen LogP contribution in [0.15, 0.2) is 208 Å². The Balaban J connectivity index is 0.000000163. The highest BCUT2D eigenvalue weighted by Crippen LogP contribution is 2.37. The van der Waals surface area contributed by atoms with Crippen molar-refractivity contribution in [2.75, 3.05) is 126 Å². The summed E-state index contributed by atoms with van der Waals surface area (Å²) in [6.45, 7) is 26.9. The molecule has 13 rings (SSSR count). The van der Waals surface area contributed by atoms with Gasteiger partial charge in [-0.05, 0) is 153 Å². The van der Waals surface area contributed by atoms with Gasteiger partial charge in [-0.3, -0.25) is 24.1 Å². The Morgan fingerprint density at radius 2 is 0.899 bits per heavy atom. The molecule has 1 unspecified atom stereocenters. The maximum Gasteiger partial charge on any atom is 0.257 e. The number of β-amino-alcohol motifs (C(OH)–C–C–N with tert-alkyl or cyclic N) is 1. The van der Waals surface area contributed by atoms with Crippen LogP contribution in [0.25, 0.3) is 0 Å². The second kappa shape index (κ2) is 36.7. The van der Waals surface area contributed by atoms with Crippen LogP contribution in [0.2, 0.25) is 0 Å². The van der Waals surface area contributed by atoms with Crippen LogP contribution in [0, 0.1) is 11.6 Å². The van der Waals surface area contributed by atoms with E-state index in [9.17, 15) is 24.3 Å². The van der Waals surface area contributed by atoms with Crippen molar-refractivity contribution in [2.24, 2.45) is 0 Å². The fourth-order valence-electron chi connectivity index (χ4n) is 11.8. The van der Waals surface area contributed by atoms with E-state index in [0.717, 1.165) is 54.6 Å². The topological polar surface area (TPSA) is 328 Å². The van der Waals surface area contributed by atoms with Crippen molar-refractivity contribution in [3.05, 3.63) is 253 Å². The number of rotatable bonds is 31. The lowest BCUT2D eigenvalue weighted by Crippen LogP contribution is -2.48. The number of aromatic nitrogens is 4. The van der Waals surface area contributed by atoms with Gasteiger partial charge in [-0.15, -0.1) is 0 Å². The summed E-state index contributed by atoms with van der Waals surface area (Å²) in [5.41, 5.74) is 10.4. The molecule has 9 aromatic rings. The molecule has 7 heterocycles. The fourth-order valence-corrected chi connectivity index (χ4v) is 11.8. The van der Waals surface area contributed by atoms with Gasteiger partial charge in [0.15, 0.2) is 23.3 Å². The largest absolute Gasteiger partial charge is 0.491 e. The van der Waals surface area contributed by atoms with Gasteiger partial charge in [-0.25, -0.2) is 23.7 Å². The molecule has 3 aromatic heterocycles. The van der Waals surface area contributed by atoms with E-state index in [2.05, 4.69) is 126 Å². The normalized spacial score (nSPS) is 13.3. The molecule has 0 saturated carbocycles. The van der Waals surface area contributed by atoms with Crippen LogP contribution in [0.4, 0.5) is 101 Å². The van der Waals surface area contributed by atoms with Crippen LogP contribution in [0.1, 0.15) is 54.8 Å². The van der Waals surface area contributed by atoms with Gasteiger partial charge in [0.2, 0.25) is 11.9 Å². The lowest BCUT2D eigenvalue weighted by Gasteiger charge is -2.36. The summed E-state index contributed by atoms with van der Waals surface area (Å²) in [5.74, 6) is 0.181. The van der Waals surface area contributed by atoms with Crippen LogP contribution >= 0.6 is 0 Å². The summed E-state index contributed by atoms with van der Waals surface area (Å²) in [7, 11) is 3.23. The number of allylic oxidation sites excluding steroid dienone is 2. The number of methoxy groups -OCH3 is 2. The number of nitrogens with one attached hydrogen (secondary N) is 12. The maximum atomic E-state index is 15.5. The summed E-state index contributed by atoms with van der Waals surface area (Å²) in [4.78, 5) is 71.5. The number of fused-ring (bicyclic) bond motifs is 3. The first-order chi connectivity index (χ1) is 52.8. The predicted molar refractivity (Wildman–Crippen MR) is 422 cm³/mol. The van der Waals surface area contributed by atoms with Gasteiger partial charge in [0.1, 0.15) is 47.7 Å². The Hall–Kier alpha value is -13.2. The second-order valence-corrected chi connectivity index (χ2v) is 25.0. The first-order valence-corrected chi connectivity index (χ1v) is 34.8. The monoisotopic (exact) mass is 1480 g/mol. The van der Waals surface area contributed by atoms with E-state index in [1.807, 2.05) is 91.9 Å². The lowest BCUT2D eigenvalue weighted by molar-refractivity contribution is -0.111. The number of nitrogens with zero attached hydrogens (tertiary/aromatic N) is 6. The molecule has 27 nitrogen and oxygen atoms in total. The molecule has 4 amide bonds. The van der Waals surface area contributed by atoms with E-state index in [1.165, 1.54) is 6.08 Å². The number of piperazine rings is 1. The molecule has 4 aliphatic heterocycles. The number of amides is 4. The molecule has 0 radical (unpaired) electrons. The van der Waals surface area contributed by atoms with Gasteiger partial charge in [-0.2, -0.15) is 4.98 Å². The standard InChI is InChI=1S/C30H34FN7O2.C26H26FN5O3.C24H24N6O4/c1-4-19(2)33-22-6-5-7-23(16-22)35-29-27(31)25-17-32-30(40)26(25)28(36-29)34-21-8-10-24(11-9-21)38-14-12-37(13-15-38)18-20(3)39;1-4-16(2)29-18-6-5-7-19(14-18)31-25-23(27)21-15-28-26(33)22(21)24(32-25)30-17-8-10-20(11-9-17)35-13-12-34-3;1-3-20(31)26-16-5-4-6-17(13-16)28-24-29-19-14-25-23(32)21(19)22(30-24)27-15-7-9-18(10-8-15)34-12-11-33-2/h4-11,16,20,33,39H,1-2,12-15,17-18H2,3H3,(H,32,40)(H2,34,35,36);4-11,14,29H,1-2,12-13,15H2,3H3,(H,28,33)(H2,30,31,32);3-10,13H,1,11-12,14H2,2H3,(H,25,32)(H,26,31)(H2,27,28,29,30). The van der Waals surface area contributed by atoms with Crippen LogP contribution in [0.5, 0.6) is 11.5 Å². The zero-order valence-corrected chi connectivity index (χ0v) is 60.3. The average Bonchev–Trinajstić information content (AvgIpc) is 1.68. The number of pyridine rings is 2. The van der Waals surface area contributed by atoms with Crippen LogP contribution < -0.4 is 78.2 Å². The van der Waals surface area contributed by atoms with Crippen molar-refractivity contribution in [2.45, 2.75) is 32.7 Å². The Labute approximate surface area is 629 Å². The molecule has 0 bridgehead atoms. The molecule has 1 fully saturated rings. The van der Waals surface area contributed by atoms with Crippen LogP contribution in [0.3, 0.4) is 0 Å². The summed E-state index contributed by atoms with van der Waals surface area (Å²) < 4.78 is 51.9. The molecule has 1 atom stereocenters. The summed E-state index contributed by atoms with van der Waals surface area (Å²) in [6.07, 6.45) is 4.07. The summed E-state index contributed by atoms with van der Waals surface area (Å²) in [6, 6.07) is 44.0. The number of hydrogen-bond acceptors (Lipinski definition) is 23. The number of carbonyl (C=O) groups excluding carboxylic acids is 4. The van der Waals surface area contributed by atoms with Gasteiger partial charge in [0.25, 0.3) is 17.7 Å². The molecule has 0 spiro atoms. The number of hydrogen-bond donors (Lipinski definition) is 13. The highest BCUT2D eigenvalue weighted by Gasteiger charge is 2.33. The number of benzene rings is 6. The first kappa shape index (κ1) is 76.9. The third kappa shape index (κ3) is 20.4. The molecule has 109 heavy (non-hydrogen) atoms. The number of aliphatic hydroxyl groups excluding tert-OH is 1. The van der Waals surface area contributed by atoms with Crippen molar-refractivity contribution < 1.29 is 52.0 Å². The zero-order chi connectivity index (χ0) is 76.9. The smallest absolute Gasteiger partial charge is 0.257 e. The van der Waals surface area contributed by atoms with E-state index in [1.54, 1.807) is 87.0 Å². The third-order valence-corrected chi connectivity index (χ3v) is 17.1. The van der Waals surface area contributed by atoms with Gasteiger partial charge in [0.05, 0.1) is 42.7 Å². The average molecular weight is 1480 g/mol. The SMILES string of the molecule is C=CC(=C)Nc1cccc(Nc2nc(Nc3ccc(N4CCN(CC(C)O)CC4)cc3)c3c(c2F)CNC3=O)c1.C=CC(=C)Nc1cccc(Nc2nc(Nc3ccc(OCCOC)cc3)c3c(c2F)CNC3=O)c1.C=CC(=O)Nc1cccc(Nc2nc3c(c(Nc4ccc(OCCOC)cc4)n2)C(=O)NC3)c1. The van der Waals surface area contributed by atoms with E-state index in [4.69, 9.17) is 18.9 Å². The van der Waals surface area contributed by atoms with Gasteiger partial charge in [-0.1, -0.05) is 51.1 Å². The molecule has 4 aliphatic rings. The van der Waals surface area contributed by atoms with Crippen molar-refractivity contribution >= 4 is 116 Å². The summed E-state index contributed by atoms with van der Waals surface area (Å²) >= 11 is 0. The number of carbonyl (C=O) groups is 4. The molecule has 6 aromatic carbocycles. The highest BCUT2D eigenvalue weighted by atomic mass is 19.1. The zero-order valence-electron chi connectivity index (χ0n) is 60.3. The molecule has 1 saturated heterocycles. The highest BCUT2D eigenvalue weighted by molar-refractivity contribution is 6.05. The Morgan fingerprint density at radius 1 is 0.495 bits per heavy atom. The minimum Gasteiger partial charge on any atom is -0.491 e. The third-order valence-electron chi connectivity index (χ3n) is 17.1. The Morgan fingerprint density at radius 3 is 1.34 bits per heavy atom. The van der Waals surface area contributed by atoms with Crippen molar-refractivity contribution in [3.8, 4) is 11.5 Å². The van der Waals surface area contributed by atoms with Gasteiger partial charge in [0, 0.05) is 139 Å². The van der Waals surface area contributed by atoms with E-state index >= 15 is 8.78 Å². The maximum absolute atomic E-state index is 15.5. The summed E-state index contributed by atoms with van der Waals surface area (Å²) in [5, 5.41) is 45.5. The predicted octanol–water partition coefficient (Wildman–Crippen LogP) is 13.0.